The largest absolute Gasteiger partial charge is 0.344 e. The summed E-state index contributed by atoms with van der Waals surface area (Å²) in [5.74, 6) is -0.277. The number of hydrogen-bond donors (Lipinski definition) is 1. The Bertz CT molecular complexity index is 1160. The Labute approximate surface area is 167 Å². The standard InChI is InChI=1S/C18H17Cl2N3O3S/c1-10(12-6-14(20)18(21-9-12)27(3,25)26)22-17(24)16-7-11-4-5-13(19)8-15(11)23(16)2/h4-10H,1-3H3,(H,22,24). The molecule has 0 aliphatic rings. The predicted octanol–water partition coefficient (Wildman–Crippen LogP) is 3.77. The second kappa shape index (κ2) is 7.14. The molecule has 2 heterocycles. The van der Waals surface area contributed by atoms with Crippen molar-refractivity contribution in [3.8, 4) is 0 Å². The molecule has 142 valence electrons. The van der Waals surface area contributed by atoms with E-state index in [1.807, 2.05) is 6.07 Å². The first-order valence-electron chi connectivity index (χ1n) is 7.99. The van der Waals surface area contributed by atoms with E-state index in [1.165, 1.54) is 12.3 Å². The van der Waals surface area contributed by atoms with Gasteiger partial charge in [-0.25, -0.2) is 13.4 Å². The van der Waals surface area contributed by atoms with Gasteiger partial charge in [0.05, 0.1) is 11.1 Å². The lowest BCUT2D eigenvalue weighted by atomic mass is 10.1. The van der Waals surface area contributed by atoms with Crippen LogP contribution in [0.5, 0.6) is 0 Å². The van der Waals surface area contributed by atoms with Crippen molar-refractivity contribution in [3.05, 3.63) is 57.8 Å². The number of fused-ring (bicyclic) bond motifs is 1. The van der Waals surface area contributed by atoms with Crippen molar-refractivity contribution in [2.75, 3.05) is 6.26 Å². The van der Waals surface area contributed by atoms with Crippen molar-refractivity contribution in [1.29, 1.82) is 0 Å². The van der Waals surface area contributed by atoms with E-state index in [0.717, 1.165) is 17.2 Å². The SMILES string of the molecule is CC(NC(=O)c1cc2ccc(Cl)cc2n1C)c1cnc(S(C)(=O)=O)c(Cl)c1. The Morgan fingerprint density at radius 3 is 2.56 bits per heavy atom. The Kier molecular flexibility index (Phi) is 5.20. The smallest absolute Gasteiger partial charge is 0.268 e. The van der Waals surface area contributed by atoms with Crippen LogP contribution in [0.25, 0.3) is 10.9 Å². The van der Waals surface area contributed by atoms with Gasteiger partial charge in [-0.1, -0.05) is 29.3 Å². The number of pyridine rings is 1. The van der Waals surface area contributed by atoms with Crippen molar-refractivity contribution in [2.24, 2.45) is 7.05 Å². The van der Waals surface area contributed by atoms with Crippen LogP contribution in [0.4, 0.5) is 0 Å². The van der Waals surface area contributed by atoms with Crippen LogP contribution in [0.3, 0.4) is 0 Å². The number of nitrogens with one attached hydrogen (secondary N) is 1. The molecule has 3 rings (SSSR count). The van der Waals surface area contributed by atoms with Crippen LogP contribution in [-0.4, -0.2) is 30.1 Å². The summed E-state index contributed by atoms with van der Waals surface area (Å²) in [5.41, 5.74) is 1.93. The van der Waals surface area contributed by atoms with Crippen LogP contribution >= 0.6 is 23.2 Å². The number of hydrogen-bond acceptors (Lipinski definition) is 4. The molecule has 0 radical (unpaired) electrons. The Hall–Kier alpha value is -2.09. The molecule has 0 saturated heterocycles. The summed E-state index contributed by atoms with van der Waals surface area (Å²) in [6.45, 7) is 1.77. The fourth-order valence-corrected chi connectivity index (χ4v) is 4.24. The lowest BCUT2D eigenvalue weighted by Gasteiger charge is -2.15. The number of sulfone groups is 1. The highest BCUT2D eigenvalue weighted by Gasteiger charge is 2.19. The van der Waals surface area contributed by atoms with E-state index in [2.05, 4.69) is 10.3 Å². The maximum atomic E-state index is 12.7. The monoisotopic (exact) mass is 425 g/mol. The summed E-state index contributed by atoms with van der Waals surface area (Å²) in [4.78, 5) is 16.6. The van der Waals surface area contributed by atoms with Gasteiger partial charge >= 0.3 is 0 Å². The zero-order chi connectivity index (χ0) is 19.9. The average molecular weight is 426 g/mol. The van der Waals surface area contributed by atoms with E-state index in [0.29, 0.717) is 16.3 Å². The summed E-state index contributed by atoms with van der Waals surface area (Å²) in [7, 11) is -1.72. The van der Waals surface area contributed by atoms with Gasteiger partial charge in [-0.2, -0.15) is 0 Å². The van der Waals surface area contributed by atoms with Crippen molar-refractivity contribution in [2.45, 2.75) is 18.0 Å². The summed E-state index contributed by atoms with van der Waals surface area (Å²) in [6, 6.07) is 8.28. The summed E-state index contributed by atoms with van der Waals surface area (Å²) < 4.78 is 25.0. The fraction of sp³-hybridized carbons (Fsp3) is 0.222. The molecule has 2 aromatic heterocycles. The number of benzene rings is 1. The number of aryl methyl sites for hydroxylation is 1. The molecule has 1 unspecified atom stereocenters. The zero-order valence-electron chi connectivity index (χ0n) is 14.8. The molecule has 0 bridgehead atoms. The molecule has 9 heteroatoms. The van der Waals surface area contributed by atoms with E-state index >= 15 is 0 Å². The van der Waals surface area contributed by atoms with Gasteiger partial charge in [-0.3, -0.25) is 4.79 Å². The van der Waals surface area contributed by atoms with E-state index < -0.39 is 15.9 Å². The maximum Gasteiger partial charge on any atom is 0.268 e. The van der Waals surface area contributed by atoms with Crippen molar-refractivity contribution >= 4 is 49.8 Å². The zero-order valence-corrected chi connectivity index (χ0v) is 17.2. The highest BCUT2D eigenvalue weighted by Crippen LogP contribution is 2.25. The third kappa shape index (κ3) is 3.95. The molecule has 3 aromatic rings. The Balaban J connectivity index is 1.86. The number of nitrogens with zero attached hydrogens (tertiary/aromatic N) is 2. The van der Waals surface area contributed by atoms with Gasteiger partial charge in [0.15, 0.2) is 14.9 Å². The summed E-state index contributed by atoms with van der Waals surface area (Å²) in [6.07, 6.45) is 2.44. The van der Waals surface area contributed by atoms with Gasteiger partial charge < -0.3 is 9.88 Å². The molecule has 6 nitrogen and oxygen atoms in total. The first-order valence-corrected chi connectivity index (χ1v) is 10.6. The molecule has 1 atom stereocenters. The quantitative estimate of drug-likeness (QED) is 0.689. The van der Waals surface area contributed by atoms with Gasteiger partial charge in [-0.15, -0.1) is 0 Å². The van der Waals surface area contributed by atoms with Crippen LogP contribution in [-0.2, 0) is 16.9 Å². The molecule has 0 aliphatic carbocycles. The number of rotatable bonds is 4. The lowest BCUT2D eigenvalue weighted by molar-refractivity contribution is 0.0932. The van der Waals surface area contributed by atoms with Crippen LogP contribution < -0.4 is 5.32 Å². The molecule has 0 aliphatic heterocycles. The van der Waals surface area contributed by atoms with Crippen LogP contribution in [0.2, 0.25) is 10.0 Å². The van der Waals surface area contributed by atoms with E-state index in [9.17, 15) is 13.2 Å². The van der Waals surface area contributed by atoms with Crippen LogP contribution in [0.1, 0.15) is 29.0 Å². The molecular weight excluding hydrogens is 409 g/mol. The van der Waals surface area contributed by atoms with E-state index in [4.69, 9.17) is 23.2 Å². The molecular formula is C18H17Cl2N3O3S. The molecule has 1 amide bonds. The predicted molar refractivity (Wildman–Crippen MR) is 106 cm³/mol. The van der Waals surface area contributed by atoms with E-state index in [1.54, 1.807) is 36.7 Å². The summed E-state index contributed by atoms with van der Waals surface area (Å²) in [5, 5.41) is 4.21. The Morgan fingerprint density at radius 1 is 1.22 bits per heavy atom. The van der Waals surface area contributed by atoms with Crippen molar-refractivity contribution in [1.82, 2.24) is 14.9 Å². The molecule has 27 heavy (non-hydrogen) atoms. The molecule has 1 aromatic carbocycles. The molecule has 0 spiro atoms. The number of halogens is 2. The lowest BCUT2D eigenvalue weighted by Crippen LogP contribution is -2.28. The van der Waals surface area contributed by atoms with Gasteiger partial charge in [-0.05, 0) is 36.8 Å². The van der Waals surface area contributed by atoms with Crippen LogP contribution in [0, 0.1) is 0 Å². The molecule has 1 N–H and O–H groups in total. The molecule has 0 saturated carbocycles. The average Bonchev–Trinajstić information content (AvgIpc) is 2.90. The van der Waals surface area contributed by atoms with Crippen molar-refractivity contribution in [3.63, 3.8) is 0 Å². The number of carbonyl (C=O) groups excluding carboxylic acids is 1. The second-order valence-corrected chi connectivity index (χ2v) is 9.09. The maximum absolute atomic E-state index is 12.7. The van der Waals surface area contributed by atoms with Gasteiger partial charge in [0.2, 0.25) is 0 Å². The highest BCUT2D eigenvalue weighted by atomic mass is 35.5. The number of aromatic nitrogens is 2. The van der Waals surface area contributed by atoms with Gasteiger partial charge in [0.1, 0.15) is 5.69 Å². The van der Waals surface area contributed by atoms with Crippen molar-refractivity contribution < 1.29 is 13.2 Å². The van der Waals surface area contributed by atoms with Gasteiger partial charge in [0.25, 0.3) is 5.91 Å². The Morgan fingerprint density at radius 2 is 1.93 bits per heavy atom. The first-order chi connectivity index (χ1) is 12.6. The topological polar surface area (TPSA) is 81.1 Å². The highest BCUT2D eigenvalue weighted by molar-refractivity contribution is 7.90. The normalized spacial score (nSPS) is 12.9. The fourth-order valence-electron chi connectivity index (χ4n) is 2.82. The minimum Gasteiger partial charge on any atom is -0.344 e. The third-order valence-corrected chi connectivity index (χ3v) is 5.93. The first kappa shape index (κ1) is 19.7. The summed E-state index contributed by atoms with van der Waals surface area (Å²) >= 11 is 12.1. The minimum absolute atomic E-state index is 0.0235. The van der Waals surface area contributed by atoms with Crippen LogP contribution in [0.15, 0.2) is 41.6 Å². The van der Waals surface area contributed by atoms with E-state index in [-0.39, 0.29) is 16.0 Å². The second-order valence-electron chi connectivity index (χ2n) is 6.31. The third-order valence-electron chi connectivity index (χ3n) is 4.27. The van der Waals surface area contributed by atoms with Gasteiger partial charge in [0, 0.05) is 35.4 Å². The molecule has 0 fully saturated rings. The minimum atomic E-state index is -3.51. The number of carbonyl (C=O) groups is 1. The number of amides is 1.